The van der Waals surface area contributed by atoms with Crippen molar-refractivity contribution in [2.24, 2.45) is 0 Å². The molecule has 0 atom stereocenters. The molecule has 0 spiro atoms. The maximum Gasteiger partial charge on any atom is 0.257 e. The third-order valence-corrected chi connectivity index (χ3v) is 3.61. The number of carbonyl (C=O) groups excluding carboxylic acids is 2. The topological polar surface area (TPSA) is 71.5 Å². The highest BCUT2D eigenvalue weighted by atomic mass is 16.5. The second-order valence-corrected chi connectivity index (χ2v) is 5.18. The van der Waals surface area contributed by atoms with Crippen molar-refractivity contribution in [3.8, 4) is 0 Å². The number of nitrogens with zero attached hydrogens (tertiary/aromatic N) is 2. The van der Waals surface area contributed by atoms with E-state index < -0.39 is 0 Å². The van der Waals surface area contributed by atoms with E-state index in [0.717, 1.165) is 0 Å². The highest BCUT2D eigenvalue weighted by molar-refractivity contribution is 6.04. The second kappa shape index (κ2) is 7.02. The number of anilines is 1. The molecule has 1 aliphatic heterocycles. The fourth-order valence-electron chi connectivity index (χ4n) is 2.35. The predicted octanol–water partition coefficient (Wildman–Crippen LogP) is 1.81. The minimum absolute atomic E-state index is 0.0153. The lowest BCUT2D eigenvalue weighted by Gasteiger charge is -2.26. The maximum atomic E-state index is 12.3. The Labute approximate surface area is 134 Å². The van der Waals surface area contributed by atoms with Crippen LogP contribution in [0.3, 0.4) is 0 Å². The average molecular weight is 311 g/mol. The highest BCUT2D eigenvalue weighted by Gasteiger charge is 2.18. The van der Waals surface area contributed by atoms with Gasteiger partial charge in [0.05, 0.1) is 18.8 Å². The van der Waals surface area contributed by atoms with Gasteiger partial charge < -0.3 is 15.0 Å². The third kappa shape index (κ3) is 3.73. The van der Waals surface area contributed by atoms with Crippen molar-refractivity contribution >= 4 is 17.5 Å². The molecule has 1 fully saturated rings. The molecule has 1 aromatic heterocycles. The van der Waals surface area contributed by atoms with E-state index in [1.165, 1.54) is 6.20 Å². The first kappa shape index (κ1) is 15.2. The Morgan fingerprint density at radius 3 is 2.43 bits per heavy atom. The van der Waals surface area contributed by atoms with E-state index in [9.17, 15) is 9.59 Å². The number of ether oxygens (including phenoxy) is 1. The van der Waals surface area contributed by atoms with Crippen LogP contribution in [0.15, 0.2) is 48.8 Å². The van der Waals surface area contributed by atoms with Crippen LogP contribution in [0.2, 0.25) is 0 Å². The van der Waals surface area contributed by atoms with Gasteiger partial charge in [0.1, 0.15) is 0 Å². The Morgan fingerprint density at radius 2 is 1.78 bits per heavy atom. The van der Waals surface area contributed by atoms with Gasteiger partial charge in [0.2, 0.25) is 0 Å². The summed E-state index contributed by atoms with van der Waals surface area (Å²) in [6.07, 6.45) is 3.12. The van der Waals surface area contributed by atoms with Gasteiger partial charge in [0, 0.05) is 36.7 Å². The molecule has 0 aliphatic carbocycles. The van der Waals surface area contributed by atoms with Crippen LogP contribution in [-0.2, 0) is 4.74 Å². The number of pyridine rings is 1. The summed E-state index contributed by atoms with van der Waals surface area (Å²) >= 11 is 0. The van der Waals surface area contributed by atoms with Crippen LogP contribution in [0, 0.1) is 0 Å². The van der Waals surface area contributed by atoms with Crippen molar-refractivity contribution in [2.45, 2.75) is 0 Å². The first-order valence-electron chi connectivity index (χ1n) is 7.42. The van der Waals surface area contributed by atoms with Gasteiger partial charge in [0.25, 0.3) is 11.8 Å². The van der Waals surface area contributed by atoms with Crippen molar-refractivity contribution in [3.63, 3.8) is 0 Å². The van der Waals surface area contributed by atoms with Crippen LogP contribution >= 0.6 is 0 Å². The summed E-state index contributed by atoms with van der Waals surface area (Å²) in [6, 6.07) is 10.3. The van der Waals surface area contributed by atoms with Gasteiger partial charge >= 0.3 is 0 Å². The van der Waals surface area contributed by atoms with Crippen LogP contribution in [-0.4, -0.2) is 48.0 Å². The molecule has 23 heavy (non-hydrogen) atoms. The van der Waals surface area contributed by atoms with Crippen molar-refractivity contribution in [3.05, 3.63) is 59.9 Å². The Balaban J connectivity index is 1.65. The summed E-state index contributed by atoms with van der Waals surface area (Å²) in [6.45, 7) is 2.37. The molecule has 0 bridgehead atoms. The van der Waals surface area contributed by atoms with Gasteiger partial charge in [-0.3, -0.25) is 14.6 Å². The van der Waals surface area contributed by atoms with E-state index in [-0.39, 0.29) is 11.8 Å². The molecule has 2 heterocycles. The van der Waals surface area contributed by atoms with Crippen molar-refractivity contribution in [1.82, 2.24) is 9.88 Å². The minimum atomic E-state index is -0.231. The largest absolute Gasteiger partial charge is 0.378 e. The summed E-state index contributed by atoms with van der Waals surface area (Å²) in [4.78, 5) is 30.1. The Kier molecular flexibility index (Phi) is 4.63. The van der Waals surface area contributed by atoms with Gasteiger partial charge in [0.15, 0.2) is 0 Å². The number of hydrogen-bond acceptors (Lipinski definition) is 4. The minimum Gasteiger partial charge on any atom is -0.378 e. The van der Waals surface area contributed by atoms with Gasteiger partial charge in [-0.25, -0.2) is 0 Å². The van der Waals surface area contributed by atoms with E-state index in [1.54, 1.807) is 47.5 Å². The molecule has 0 unspecified atom stereocenters. The summed E-state index contributed by atoms with van der Waals surface area (Å²) < 4.78 is 5.24. The number of rotatable bonds is 3. The fourth-order valence-corrected chi connectivity index (χ4v) is 2.35. The van der Waals surface area contributed by atoms with Crippen molar-refractivity contribution < 1.29 is 14.3 Å². The van der Waals surface area contributed by atoms with Crippen molar-refractivity contribution in [2.75, 3.05) is 31.6 Å². The average Bonchev–Trinajstić information content (AvgIpc) is 2.63. The molecule has 2 aromatic rings. The number of benzene rings is 1. The Hall–Kier alpha value is -2.73. The van der Waals surface area contributed by atoms with Crippen LogP contribution in [0.5, 0.6) is 0 Å². The van der Waals surface area contributed by atoms with Crippen LogP contribution in [0.4, 0.5) is 5.69 Å². The van der Waals surface area contributed by atoms with E-state index in [0.29, 0.717) is 43.1 Å². The summed E-state index contributed by atoms with van der Waals surface area (Å²) in [5.41, 5.74) is 1.73. The number of nitrogens with one attached hydrogen (secondary N) is 1. The third-order valence-electron chi connectivity index (χ3n) is 3.61. The molecule has 1 N–H and O–H groups in total. The number of morpholine rings is 1. The van der Waals surface area contributed by atoms with Crippen molar-refractivity contribution in [1.29, 1.82) is 0 Å². The van der Waals surface area contributed by atoms with Gasteiger partial charge in [-0.1, -0.05) is 0 Å². The quantitative estimate of drug-likeness (QED) is 0.938. The summed E-state index contributed by atoms with van der Waals surface area (Å²) in [7, 11) is 0. The van der Waals surface area contributed by atoms with E-state index in [2.05, 4.69) is 10.3 Å². The summed E-state index contributed by atoms with van der Waals surface area (Å²) in [5.74, 6) is -0.246. The van der Waals surface area contributed by atoms with E-state index in [1.807, 2.05) is 0 Å². The molecular formula is C17H17N3O3. The number of carbonyl (C=O) groups is 2. The highest BCUT2D eigenvalue weighted by Crippen LogP contribution is 2.13. The molecular weight excluding hydrogens is 294 g/mol. The zero-order chi connectivity index (χ0) is 16.1. The first-order valence-corrected chi connectivity index (χ1v) is 7.42. The Morgan fingerprint density at radius 1 is 1.04 bits per heavy atom. The second-order valence-electron chi connectivity index (χ2n) is 5.18. The molecule has 0 saturated carbocycles. The molecule has 0 radical (unpaired) electrons. The number of aromatic nitrogens is 1. The number of hydrogen-bond donors (Lipinski definition) is 1. The predicted molar refractivity (Wildman–Crippen MR) is 85.4 cm³/mol. The van der Waals surface area contributed by atoms with E-state index >= 15 is 0 Å². The monoisotopic (exact) mass is 311 g/mol. The molecule has 1 saturated heterocycles. The van der Waals surface area contributed by atoms with E-state index in [4.69, 9.17) is 4.74 Å². The molecule has 1 aromatic carbocycles. The molecule has 2 amide bonds. The summed E-state index contributed by atoms with van der Waals surface area (Å²) in [5, 5.41) is 2.78. The lowest BCUT2D eigenvalue weighted by molar-refractivity contribution is 0.0303. The lowest BCUT2D eigenvalue weighted by Crippen LogP contribution is -2.40. The smallest absolute Gasteiger partial charge is 0.257 e. The molecule has 3 rings (SSSR count). The Bertz CT molecular complexity index is 680. The zero-order valence-electron chi connectivity index (χ0n) is 12.6. The molecule has 118 valence electrons. The zero-order valence-corrected chi connectivity index (χ0v) is 12.6. The standard InChI is InChI=1S/C17H17N3O3/c21-16(14-2-1-7-18-12-14)19-15-5-3-13(4-6-15)17(22)20-8-10-23-11-9-20/h1-7,12H,8-11H2,(H,19,21). The normalized spacial score (nSPS) is 14.3. The maximum absolute atomic E-state index is 12.3. The van der Waals surface area contributed by atoms with Crippen LogP contribution in [0.1, 0.15) is 20.7 Å². The molecule has 1 aliphatic rings. The lowest BCUT2D eigenvalue weighted by atomic mass is 10.1. The van der Waals surface area contributed by atoms with Gasteiger partial charge in [-0.05, 0) is 36.4 Å². The van der Waals surface area contributed by atoms with Gasteiger partial charge in [-0.2, -0.15) is 0 Å². The van der Waals surface area contributed by atoms with Crippen LogP contribution in [0.25, 0.3) is 0 Å². The molecule has 6 heteroatoms. The van der Waals surface area contributed by atoms with Gasteiger partial charge in [-0.15, -0.1) is 0 Å². The molecule has 6 nitrogen and oxygen atoms in total. The van der Waals surface area contributed by atoms with Crippen LogP contribution < -0.4 is 5.32 Å². The fraction of sp³-hybridized carbons (Fsp3) is 0.235. The number of amides is 2. The first-order chi connectivity index (χ1) is 11.2. The SMILES string of the molecule is O=C(Nc1ccc(C(=O)N2CCOCC2)cc1)c1cccnc1.